The number of phenolic OH excluding ortho intramolecular Hbond substituents is 1. The summed E-state index contributed by atoms with van der Waals surface area (Å²) < 4.78 is 5.97. The number of rotatable bonds is 9. The van der Waals surface area contributed by atoms with Gasteiger partial charge >= 0.3 is 5.97 Å². The molecule has 0 radical (unpaired) electrons. The van der Waals surface area contributed by atoms with Crippen molar-refractivity contribution in [3.05, 3.63) is 23.3 Å². The molecule has 1 rings (SSSR count). The predicted molar refractivity (Wildman–Crippen MR) is 125 cm³/mol. The number of carboxylic acids is 1. The third-order valence-electron chi connectivity index (χ3n) is 5.29. The molecule has 0 saturated heterocycles. The van der Waals surface area contributed by atoms with E-state index in [0.29, 0.717) is 24.5 Å². The van der Waals surface area contributed by atoms with Crippen LogP contribution in [0.15, 0.2) is 12.1 Å². The highest BCUT2D eigenvalue weighted by Crippen LogP contribution is 2.48. The maximum Gasteiger partial charge on any atom is 0.303 e. The van der Waals surface area contributed by atoms with Gasteiger partial charge in [-0.1, -0.05) is 69.2 Å². The number of aliphatic carboxylic acids is 1. The predicted octanol–water partition coefficient (Wildman–Crippen LogP) is 7.06. The highest BCUT2D eigenvalue weighted by Gasteiger charge is 2.35. The number of benzene rings is 1. The molecule has 0 unspecified atom stereocenters. The van der Waals surface area contributed by atoms with Crippen LogP contribution in [0.1, 0.15) is 106 Å². The van der Waals surface area contributed by atoms with E-state index in [9.17, 15) is 9.90 Å². The van der Waals surface area contributed by atoms with Gasteiger partial charge in [-0.15, -0.1) is 0 Å². The third-order valence-corrected chi connectivity index (χ3v) is 5.29. The lowest BCUT2D eigenvalue weighted by Crippen LogP contribution is -2.28. The molecule has 0 saturated carbocycles. The molecule has 0 fully saturated rings. The molecule has 1 aromatic rings. The van der Waals surface area contributed by atoms with Crippen molar-refractivity contribution >= 4 is 5.97 Å². The number of carbonyl (C=O) groups is 1. The van der Waals surface area contributed by atoms with Gasteiger partial charge < -0.3 is 14.9 Å². The molecular weight excluding hydrogens is 376 g/mol. The van der Waals surface area contributed by atoms with Crippen LogP contribution in [0, 0.1) is 10.8 Å². The summed E-state index contributed by atoms with van der Waals surface area (Å²) in [6.07, 6.45) is 2.37. The Labute approximate surface area is 184 Å². The number of aromatic hydroxyl groups is 1. The highest BCUT2D eigenvalue weighted by molar-refractivity contribution is 5.66. The van der Waals surface area contributed by atoms with Crippen LogP contribution in [-0.4, -0.2) is 22.8 Å². The van der Waals surface area contributed by atoms with Crippen molar-refractivity contribution in [3.8, 4) is 11.5 Å². The Hall–Kier alpha value is -1.71. The number of carboxylic acid groups (broad SMARTS) is 1. The Bertz CT molecular complexity index is 681. The van der Waals surface area contributed by atoms with Crippen molar-refractivity contribution in [2.24, 2.45) is 10.8 Å². The minimum atomic E-state index is -0.816. The van der Waals surface area contributed by atoms with E-state index in [0.717, 1.165) is 24.0 Å². The minimum Gasteiger partial charge on any atom is -0.507 e. The summed E-state index contributed by atoms with van der Waals surface area (Å²) in [6, 6.07) is 3.89. The third kappa shape index (κ3) is 8.20. The second-order valence-corrected chi connectivity index (χ2v) is 12.5. The molecule has 0 bridgehead atoms. The number of hydrogen-bond donors (Lipinski definition) is 2. The molecule has 2 N–H and O–H groups in total. The first-order valence-corrected chi connectivity index (χ1v) is 11.1. The maximum atomic E-state index is 11.4. The number of hydrogen-bond acceptors (Lipinski definition) is 3. The van der Waals surface area contributed by atoms with Crippen molar-refractivity contribution in [1.82, 2.24) is 0 Å². The standard InChI is InChI=1S/C26H44O4/c1-23(2,3)16-25(7,8)19-14-18(30-13-11-12-21(27)28)15-20(22(19)29)26(9,10)17-24(4,5)6/h14-15,29H,11-13,16-17H2,1-10H3,(H,27,28). The van der Waals surface area contributed by atoms with Crippen LogP contribution in [0.25, 0.3) is 0 Å². The summed E-state index contributed by atoms with van der Waals surface area (Å²) in [5.74, 6) is 0.242. The largest absolute Gasteiger partial charge is 0.507 e. The molecule has 0 aliphatic rings. The zero-order valence-corrected chi connectivity index (χ0v) is 20.9. The molecule has 0 spiro atoms. The zero-order valence-electron chi connectivity index (χ0n) is 20.9. The van der Waals surface area contributed by atoms with Crippen LogP contribution in [0.2, 0.25) is 0 Å². The molecule has 0 aliphatic carbocycles. The smallest absolute Gasteiger partial charge is 0.303 e. The van der Waals surface area contributed by atoms with Crippen LogP contribution in [0.3, 0.4) is 0 Å². The van der Waals surface area contributed by atoms with E-state index in [1.54, 1.807) is 0 Å². The summed E-state index contributed by atoms with van der Waals surface area (Å²) in [7, 11) is 0. The average molecular weight is 421 g/mol. The molecule has 1 aromatic carbocycles. The second-order valence-electron chi connectivity index (χ2n) is 12.5. The van der Waals surface area contributed by atoms with Crippen molar-refractivity contribution in [2.75, 3.05) is 6.61 Å². The first-order valence-electron chi connectivity index (χ1n) is 11.1. The topological polar surface area (TPSA) is 66.8 Å². The lowest BCUT2D eigenvalue weighted by atomic mass is 9.68. The monoisotopic (exact) mass is 420 g/mol. The average Bonchev–Trinajstić information content (AvgIpc) is 2.47. The molecule has 172 valence electrons. The SMILES string of the molecule is CC(C)(C)CC(C)(C)c1cc(OCCCC(=O)O)cc(C(C)(C)CC(C)(C)C)c1O. The Morgan fingerprint density at radius 1 is 0.833 bits per heavy atom. The molecule has 0 amide bonds. The van der Waals surface area contributed by atoms with Crippen molar-refractivity contribution < 1.29 is 19.7 Å². The van der Waals surface area contributed by atoms with E-state index in [2.05, 4.69) is 69.2 Å². The molecular formula is C26H44O4. The summed E-state index contributed by atoms with van der Waals surface area (Å²) in [5, 5.41) is 20.3. The molecule has 0 heterocycles. The van der Waals surface area contributed by atoms with Gasteiger partial charge in [0.25, 0.3) is 0 Å². The van der Waals surface area contributed by atoms with E-state index < -0.39 is 5.97 Å². The first kappa shape index (κ1) is 26.3. The van der Waals surface area contributed by atoms with Crippen molar-refractivity contribution in [3.63, 3.8) is 0 Å². The van der Waals surface area contributed by atoms with Gasteiger partial charge in [-0.3, -0.25) is 4.79 Å². The first-order chi connectivity index (χ1) is 13.3. The van der Waals surface area contributed by atoms with Gasteiger partial charge in [0.2, 0.25) is 0 Å². The van der Waals surface area contributed by atoms with E-state index in [1.807, 2.05) is 12.1 Å². The van der Waals surface area contributed by atoms with Crippen LogP contribution in [-0.2, 0) is 15.6 Å². The number of ether oxygens (including phenoxy) is 1. The maximum absolute atomic E-state index is 11.4. The van der Waals surface area contributed by atoms with Crippen LogP contribution < -0.4 is 4.74 Å². The normalized spacial score (nSPS) is 13.4. The Morgan fingerprint density at radius 3 is 1.57 bits per heavy atom. The van der Waals surface area contributed by atoms with Gasteiger partial charge in [0, 0.05) is 17.5 Å². The lowest BCUT2D eigenvalue weighted by Gasteiger charge is -2.37. The van der Waals surface area contributed by atoms with Gasteiger partial charge in [0.1, 0.15) is 11.5 Å². The van der Waals surface area contributed by atoms with E-state index in [1.165, 1.54) is 0 Å². The Balaban J connectivity index is 3.45. The molecule has 0 aliphatic heterocycles. The van der Waals surface area contributed by atoms with E-state index >= 15 is 0 Å². The van der Waals surface area contributed by atoms with Crippen LogP contribution in [0.4, 0.5) is 0 Å². The quantitative estimate of drug-likeness (QED) is 0.419. The number of phenols is 1. The fourth-order valence-electron chi connectivity index (χ4n) is 4.98. The molecule has 4 nitrogen and oxygen atoms in total. The van der Waals surface area contributed by atoms with Crippen molar-refractivity contribution in [1.29, 1.82) is 0 Å². The summed E-state index contributed by atoms with van der Waals surface area (Å²) in [6.45, 7) is 22.3. The minimum absolute atomic E-state index is 0.0861. The molecule has 0 aromatic heterocycles. The van der Waals surface area contributed by atoms with Crippen molar-refractivity contribution in [2.45, 2.75) is 106 Å². The van der Waals surface area contributed by atoms with Crippen LogP contribution in [0.5, 0.6) is 11.5 Å². The molecule has 0 atom stereocenters. The van der Waals surface area contributed by atoms with E-state index in [-0.39, 0.29) is 28.1 Å². The second kappa shape index (κ2) is 9.20. The Morgan fingerprint density at radius 2 is 1.23 bits per heavy atom. The summed E-state index contributed by atoms with van der Waals surface area (Å²) in [4.78, 5) is 10.8. The Kier molecular flexibility index (Phi) is 8.07. The van der Waals surface area contributed by atoms with Gasteiger partial charge in [0.15, 0.2) is 0 Å². The summed E-state index contributed by atoms with van der Waals surface area (Å²) in [5.41, 5.74) is 1.52. The van der Waals surface area contributed by atoms with Gasteiger partial charge in [-0.05, 0) is 53.1 Å². The van der Waals surface area contributed by atoms with Gasteiger partial charge in [0.05, 0.1) is 6.61 Å². The fourth-order valence-corrected chi connectivity index (χ4v) is 4.98. The lowest BCUT2D eigenvalue weighted by molar-refractivity contribution is -0.137. The highest BCUT2D eigenvalue weighted by atomic mass is 16.5. The summed E-state index contributed by atoms with van der Waals surface area (Å²) >= 11 is 0. The molecule has 30 heavy (non-hydrogen) atoms. The zero-order chi connectivity index (χ0) is 23.5. The van der Waals surface area contributed by atoms with Gasteiger partial charge in [-0.25, -0.2) is 0 Å². The van der Waals surface area contributed by atoms with E-state index in [4.69, 9.17) is 9.84 Å². The fraction of sp³-hybridized carbons (Fsp3) is 0.731. The van der Waals surface area contributed by atoms with Gasteiger partial charge in [-0.2, -0.15) is 0 Å². The van der Waals surface area contributed by atoms with Crippen LogP contribution >= 0.6 is 0 Å². The molecule has 4 heteroatoms.